The Morgan fingerprint density at radius 1 is 1.86 bits per heavy atom. The van der Waals surface area contributed by atoms with Crippen LogP contribution in [0.5, 0.6) is 0 Å². The van der Waals surface area contributed by atoms with Crippen molar-refractivity contribution in [3.05, 3.63) is 24.0 Å². The molecule has 0 aliphatic rings. The van der Waals surface area contributed by atoms with Crippen LogP contribution in [0.1, 0.15) is 6.92 Å². The third-order valence-corrected chi connectivity index (χ3v) is 1.09. The van der Waals surface area contributed by atoms with E-state index in [4.69, 9.17) is 0 Å². The fourth-order valence-electron chi connectivity index (χ4n) is 0.136. The summed E-state index contributed by atoms with van der Waals surface area (Å²) in [4.78, 5) is 0. The molecule has 0 radical (unpaired) electrons. The van der Waals surface area contributed by atoms with Crippen LogP contribution in [0.4, 0.5) is 0 Å². The summed E-state index contributed by atoms with van der Waals surface area (Å²) in [6, 6.07) is 0. The molecule has 0 aromatic rings. The highest BCUT2D eigenvalue weighted by atomic mass is 31.1. The Hall–Kier alpha value is -0.420. The molecule has 0 fully saturated rings. The predicted molar refractivity (Wildman–Crippen MR) is 31.6 cm³/mol. The van der Waals surface area contributed by atoms with Crippen molar-refractivity contribution in [2.75, 3.05) is 0 Å². The van der Waals surface area contributed by atoms with Crippen LogP contribution >= 0.6 is 8.46 Å². The van der Waals surface area contributed by atoms with Gasteiger partial charge in [0.15, 0.2) is 8.46 Å². The lowest BCUT2D eigenvalue weighted by Crippen LogP contribution is -1.55. The van der Waals surface area contributed by atoms with Gasteiger partial charge in [-0.2, -0.15) is 0 Å². The molecule has 0 unspecified atom stereocenters. The van der Waals surface area contributed by atoms with E-state index in [1.54, 1.807) is 11.9 Å². The summed E-state index contributed by atoms with van der Waals surface area (Å²) in [5, 5.41) is 0. The molecule has 0 heterocycles. The first kappa shape index (κ1) is 6.58. The fraction of sp³-hybridized carbons (Fsp3) is 0.200. The number of allylic oxidation sites excluding steroid dienone is 2. The zero-order valence-electron chi connectivity index (χ0n) is 4.22. The molecule has 0 rings (SSSR count). The summed E-state index contributed by atoms with van der Waals surface area (Å²) >= 11 is 0. The number of hydrogen-bond donors (Lipinski definition) is 0. The van der Waals surface area contributed by atoms with Gasteiger partial charge in [-0.25, -0.2) is 0 Å². The Bertz CT molecular complexity index is 105. The molecule has 0 atom stereocenters. The second-order valence-electron chi connectivity index (χ2n) is 1.18. The van der Waals surface area contributed by atoms with Crippen molar-refractivity contribution in [2.45, 2.75) is 6.92 Å². The van der Waals surface area contributed by atoms with Gasteiger partial charge in [-0.1, -0.05) is 12.7 Å². The van der Waals surface area contributed by atoms with Crippen LogP contribution in [0.15, 0.2) is 24.0 Å². The van der Waals surface area contributed by atoms with Gasteiger partial charge in [0.25, 0.3) is 0 Å². The number of rotatable bonds is 2. The summed E-state index contributed by atoms with van der Waals surface area (Å²) in [6.07, 6.45) is 1.66. The van der Waals surface area contributed by atoms with E-state index in [1.807, 2.05) is 6.92 Å². The molecule has 2 heteroatoms. The summed E-state index contributed by atoms with van der Waals surface area (Å²) in [5.74, 6) is 1.56. The van der Waals surface area contributed by atoms with E-state index in [2.05, 4.69) is 6.58 Å². The Balaban J connectivity index is 3.72. The molecule has 7 heavy (non-hydrogen) atoms. The molecular formula is C5H7OP. The molecule has 38 valence electrons. The van der Waals surface area contributed by atoms with Crippen molar-refractivity contribution in [2.24, 2.45) is 0 Å². The minimum Gasteiger partial charge on any atom is -0.270 e. The van der Waals surface area contributed by atoms with Crippen molar-refractivity contribution >= 4 is 8.46 Å². The van der Waals surface area contributed by atoms with Crippen LogP contribution in [0, 0.1) is 0 Å². The van der Waals surface area contributed by atoms with Crippen LogP contribution in [-0.4, -0.2) is 0 Å². The monoisotopic (exact) mass is 114 g/mol. The molecule has 0 saturated carbocycles. The van der Waals surface area contributed by atoms with E-state index < -0.39 is 0 Å². The molecule has 0 aliphatic heterocycles. The lowest BCUT2D eigenvalue weighted by molar-refractivity contribution is 0.602. The van der Waals surface area contributed by atoms with Crippen molar-refractivity contribution in [1.29, 1.82) is 0 Å². The van der Waals surface area contributed by atoms with Gasteiger partial charge in [-0.15, -0.1) is 0 Å². The van der Waals surface area contributed by atoms with Gasteiger partial charge in [0.05, 0.1) is 0 Å². The average Bonchev–Trinajstić information content (AvgIpc) is 1.68. The van der Waals surface area contributed by atoms with Crippen LogP contribution in [0.2, 0.25) is 0 Å². The second kappa shape index (κ2) is 3.76. The third-order valence-electron chi connectivity index (χ3n) is 0.578. The van der Waals surface area contributed by atoms with Gasteiger partial charge in [-0.05, 0) is 12.5 Å². The van der Waals surface area contributed by atoms with Crippen molar-refractivity contribution in [3.8, 4) is 0 Å². The maximum Gasteiger partial charge on any atom is 0.184 e. The second-order valence-corrected chi connectivity index (χ2v) is 1.65. The zero-order chi connectivity index (χ0) is 5.70. The maximum absolute atomic E-state index is 9.75. The van der Waals surface area contributed by atoms with E-state index in [-0.39, 0.29) is 8.46 Å². The largest absolute Gasteiger partial charge is 0.270 e. The molecule has 0 spiro atoms. The van der Waals surface area contributed by atoms with E-state index in [1.165, 1.54) is 0 Å². The quantitative estimate of drug-likeness (QED) is 0.398. The lowest BCUT2D eigenvalue weighted by Gasteiger charge is -1.77. The van der Waals surface area contributed by atoms with Crippen LogP contribution in [0.25, 0.3) is 0 Å². The van der Waals surface area contributed by atoms with Gasteiger partial charge in [0.2, 0.25) is 0 Å². The van der Waals surface area contributed by atoms with Crippen molar-refractivity contribution in [3.63, 3.8) is 0 Å². The molecular weight excluding hydrogens is 107 g/mol. The van der Waals surface area contributed by atoms with Crippen molar-refractivity contribution in [1.82, 2.24) is 0 Å². The van der Waals surface area contributed by atoms with E-state index in [9.17, 15) is 4.57 Å². The Labute approximate surface area is 44.9 Å². The van der Waals surface area contributed by atoms with E-state index in [0.29, 0.717) is 0 Å². The first-order valence-electron chi connectivity index (χ1n) is 1.93. The van der Waals surface area contributed by atoms with Crippen LogP contribution < -0.4 is 0 Å². The molecule has 1 nitrogen and oxygen atoms in total. The van der Waals surface area contributed by atoms with E-state index >= 15 is 0 Å². The summed E-state index contributed by atoms with van der Waals surface area (Å²) in [7, 11) is 0.0563. The SMILES string of the molecule is C=CC(C)=CP=O. The van der Waals surface area contributed by atoms with Crippen LogP contribution in [-0.2, 0) is 4.57 Å². The summed E-state index contributed by atoms with van der Waals surface area (Å²) in [5.41, 5.74) is 0.941. The highest BCUT2D eigenvalue weighted by molar-refractivity contribution is 7.27. The standard InChI is InChI=1S/C5H7OP/c1-3-5(2)4-7-6/h3-4H,1H2,2H3. The van der Waals surface area contributed by atoms with Gasteiger partial charge in [0, 0.05) is 5.82 Å². The third kappa shape index (κ3) is 3.41. The minimum absolute atomic E-state index is 0.0563. The highest BCUT2D eigenvalue weighted by Crippen LogP contribution is 2.00. The average molecular weight is 114 g/mol. The topological polar surface area (TPSA) is 17.1 Å². The predicted octanol–water partition coefficient (Wildman–Crippen LogP) is 2.37. The van der Waals surface area contributed by atoms with Crippen LogP contribution in [0.3, 0.4) is 0 Å². The van der Waals surface area contributed by atoms with Gasteiger partial charge >= 0.3 is 0 Å². The first-order valence-corrected chi connectivity index (χ1v) is 2.81. The molecule has 0 amide bonds. The minimum atomic E-state index is 0.0563. The smallest absolute Gasteiger partial charge is 0.184 e. The Morgan fingerprint density at radius 2 is 2.43 bits per heavy atom. The van der Waals surface area contributed by atoms with Gasteiger partial charge in [0.1, 0.15) is 0 Å². The fourth-order valence-corrected chi connectivity index (χ4v) is 0.408. The summed E-state index contributed by atoms with van der Waals surface area (Å²) < 4.78 is 9.75. The lowest BCUT2D eigenvalue weighted by atomic mass is 10.4. The van der Waals surface area contributed by atoms with E-state index in [0.717, 1.165) is 5.57 Å². The molecule has 0 aliphatic carbocycles. The Morgan fingerprint density at radius 3 is 2.57 bits per heavy atom. The summed E-state index contributed by atoms with van der Waals surface area (Å²) in [6.45, 7) is 5.31. The molecule has 0 aromatic heterocycles. The molecule has 0 N–H and O–H groups in total. The van der Waals surface area contributed by atoms with Gasteiger partial charge in [-0.3, -0.25) is 4.57 Å². The highest BCUT2D eigenvalue weighted by Gasteiger charge is 1.72. The van der Waals surface area contributed by atoms with Gasteiger partial charge < -0.3 is 0 Å². The normalized spacial score (nSPS) is 11.9. The first-order chi connectivity index (χ1) is 3.31. The molecule has 0 aromatic carbocycles. The molecule has 0 bridgehead atoms. The molecule has 0 saturated heterocycles. The van der Waals surface area contributed by atoms with Crippen molar-refractivity contribution < 1.29 is 4.57 Å². The number of hydrogen-bond acceptors (Lipinski definition) is 1. The maximum atomic E-state index is 9.75. The zero-order valence-corrected chi connectivity index (χ0v) is 5.11. The Kier molecular flexibility index (Phi) is 3.53.